The summed E-state index contributed by atoms with van der Waals surface area (Å²) in [7, 11) is 0. The van der Waals surface area contributed by atoms with E-state index in [-0.39, 0.29) is 16.0 Å². The summed E-state index contributed by atoms with van der Waals surface area (Å²) in [5.41, 5.74) is 4.81. The molecule has 1 N–H and O–H groups in total. The smallest absolute Gasteiger partial charge is 0.253 e. The van der Waals surface area contributed by atoms with Gasteiger partial charge in [0.15, 0.2) is 0 Å². The molecule has 0 radical (unpaired) electrons. The first-order chi connectivity index (χ1) is 13.8. The standard InChI is InChI=1S/C24H25NO2S2/c1-24(2,3)18-13-16-11-7-8-12-17(16)14-19(18)28-20-21(26)25-22(29-23(20)27)15-9-5-4-6-10-15/h4-6,9-10,13-14,26H,7-8,11-12H2,1-3H3. The van der Waals surface area contributed by atoms with E-state index in [2.05, 4.69) is 37.9 Å². The van der Waals surface area contributed by atoms with Crippen molar-refractivity contribution in [3.8, 4) is 16.5 Å². The van der Waals surface area contributed by atoms with Gasteiger partial charge in [0.05, 0.1) is 0 Å². The predicted molar refractivity (Wildman–Crippen MR) is 121 cm³/mol. The minimum atomic E-state index is -0.185. The Labute approximate surface area is 179 Å². The molecular weight excluding hydrogens is 398 g/mol. The van der Waals surface area contributed by atoms with E-state index in [1.807, 2.05) is 30.3 Å². The average Bonchev–Trinajstić information content (AvgIpc) is 2.70. The van der Waals surface area contributed by atoms with Crippen molar-refractivity contribution < 1.29 is 5.11 Å². The van der Waals surface area contributed by atoms with Crippen molar-refractivity contribution in [3.63, 3.8) is 0 Å². The summed E-state index contributed by atoms with van der Waals surface area (Å²) in [5, 5.41) is 11.1. The molecule has 0 unspecified atom stereocenters. The van der Waals surface area contributed by atoms with Crippen LogP contribution in [0.2, 0.25) is 0 Å². The molecule has 3 aromatic rings. The predicted octanol–water partition coefficient (Wildman–Crippen LogP) is 6.20. The lowest BCUT2D eigenvalue weighted by Gasteiger charge is -2.26. The lowest BCUT2D eigenvalue weighted by Crippen LogP contribution is -2.15. The van der Waals surface area contributed by atoms with E-state index in [1.54, 1.807) is 0 Å². The fourth-order valence-corrected chi connectivity index (χ4v) is 5.84. The third-order valence-corrected chi connectivity index (χ3v) is 7.44. The maximum atomic E-state index is 12.9. The molecule has 0 atom stereocenters. The summed E-state index contributed by atoms with van der Waals surface area (Å²) in [4.78, 5) is 18.6. The van der Waals surface area contributed by atoms with Crippen LogP contribution in [0.25, 0.3) is 10.6 Å². The Hall–Kier alpha value is -2.11. The SMILES string of the molecule is CC(C)(C)c1cc2c(cc1Sc1c(O)nc(-c3ccccc3)sc1=O)CCCC2. The molecule has 1 aromatic heterocycles. The van der Waals surface area contributed by atoms with Gasteiger partial charge in [-0.25, -0.2) is 4.98 Å². The van der Waals surface area contributed by atoms with Gasteiger partial charge in [-0.05, 0) is 53.9 Å². The summed E-state index contributed by atoms with van der Waals surface area (Å²) in [6.45, 7) is 6.58. The fourth-order valence-electron chi connectivity index (χ4n) is 3.73. The quantitative estimate of drug-likeness (QED) is 0.545. The molecule has 0 amide bonds. The summed E-state index contributed by atoms with van der Waals surface area (Å²) in [6.07, 6.45) is 4.65. The monoisotopic (exact) mass is 423 g/mol. The van der Waals surface area contributed by atoms with Gasteiger partial charge in [-0.15, -0.1) is 0 Å². The Morgan fingerprint density at radius 1 is 1.03 bits per heavy atom. The molecule has 0 fully saturated rings. The highest BCUT2D eigenvalue weighted by Crippen LogP contribution is 2.41. The number of hydrogen-bond donors (Lipinski definition) is 1. The highest BCUT2D eigenvalue weighted by atomic mass is 32.2. The average molecular weight is 424 g/mol. The molecule has 1 aliphatic carbocycles. The molecule has 3 nitrogen and oxygen atoms in total. The molecule has 0 saturated carbocycles. The van der Waals surface area contributed by atoms with Crippen LogP contribution in [0.1, 0.15) is 50.3 Å². The number of aromatic hydroxyl groups is 1. The second kappa shape index (κ2) is 7.96. The number of aromatic nitrogens is 1. The molecule has 0 bridgehead atoms. The molecule has 150 valence electrons. The number of aryl methyl sites for hydroxylation is 2. The minimum absolute atomic E-state index is 0.0473. The largest absolute Gasteiger partial charge is 0.492 e. The van der Waals surface area contributed by atoms with Crippen LogP contribution < -0.4 is 4.74 Å². The van der Waals surface area contributed by atoms with Crippen molar-refractivity contribution in [2.75, 3.05) is 0 Å². The number of benzene rings is 2. The van der Waals surface area contributed by atoms with Crippen LogP contribution in [-0.4, -0.2) is 10.1 Å². The van der Waals surface area contributed by atoms with Crippen molar-refractivity contribution in [3.05, 3.63) is 68.7 Å². The van der Waals surface area contributed by atoms with Crippen LogP contribution in [-0.2, 0) is 18.3 Å². The topological polar surface area (TPSA) is 50.2 Å². The van der Waals surface area contributed by atoms with E-state index in [9.17, 15) is 9.90 Å². The van der Waals surface area contributed by atoms with Crippen LogP contribution in [0.5, 0.6) is 5.88 Å². The van der Waals surface area contributed by atoms with Crippen LogP contribution >= 0.6 is 23.1 Å². The van der Waals surface area contributed by atoms with E-state index in [4.69, 9.17) is 0 Å². The molecular formula is C24H25NO2S2. The van der Waals surface area contributed by atoms with Crippen molar-refractivity contribution in [2.45, 2.75) is 61.7 Å². The van der Waals surface area contributed by atoms with E-state index in [1.165, 1.54) is 41.3 Å². The van der Waals surface area contributed by atoms with Gasteiger partial charge in [-0.1, -0.05) is 80.3 Å². The third kappa shape index (κ3) is 4.26. The van der Waals surface area contributed by atoms with Gasteiger partial charge < -0.3 is 5.11 Å². The van der Waals surface area contributed by atoms with Gasteiger partial charge in [-0.3, -0.25) is 4.79 Å². The molecule has 0 saturated heterocycles. The zero-order valence-electron chi connectivity index (χ0n) is 17.0. The molecule has 1 aliphatic rings. The number of rotatable bonds is 3. The summed E-state index contributed by atoms with van der Waals surface area (Å²) in [5.74, 6) is -0.185. The first-order valence-corrected chi connectivity index (χ1v) is 11.6. The van der Waals surface area contributed by atoms with Gasteiger partial charge in [0.1, 0.15) is 9.90 Å². The molecule has 0 aliphatic heterocycles. The van der Waals surface area contributed by atoms with Crippen LogP contribution in [0.15, 0.2) is 57.1 Å². The lowest BCUT2D eigenvalue weighted by molar-refractivity contribution is 0.441. The Kier molecular flexibility index (Phi) is 5.54. The summed E-state index contributed by atoms with van der Waals surface area (Å²) >= 11 is 2.44. The molecule has 2 aromatic carbocycles. The Morgan fingerprint density at radius 3 is 2.31 bits per heavy atom. The van der Waals surface area contributed by atoms with Gasteiger partial charge >= 0.3 is 0 Å². The Morgan fingerprint density at radius 2 is 1.69 bits per heavy atom. The second-order valence-electron chi connectivity index (χ2n) is 8.50. The second-order valence-corrected chi connectivity index (χ2v) is 10.5. The van der Waals surface area contributed by atoms with Gasteiger partial charge in [0.25, 0.3) is 4.74 Å². The zero-order chi connectivity index (χ0) is 20.6. The number of nitrogens with zero attached hydrogens (tertiary/aromatic N) is 1. The highest BCUT2D eigenvalue weighted by molar-refractivity contribution is 7.99. The zero-order valence-corrected chi connectivity index (χ0v) is 18.6. The maximum absolute atomic E-state index is 12.9. The lowest BCUT2D eigenvalue weighted by atomic mass is 9.82. The van der Waals surface area contributed by atoms with Crippen molar-refractivity contribution in [1.29, 1.82) is 0 Å². The van der Waals surface area contributed by atoms with Crippen LogP contribution in [0.3, 0.4) is 0 Å². The first-order valence-electron chi connectivity index (χ1n) is 9.96. The van der Waals surface area contributed by atoms with Gasteiger partial charge in [-0.2, -0.15) is 0 Å². The van der Waals surface area contributed by atoms with E-state index < -0.39 is 0 Å². The molecule has 0 spiro atoms. The number of hydrogen-bond acceptors (Lipinski definition) is 5. The van der Waals surface area contributed by atoms with Crippen LogP contribution in [0.4, 0.5) is 0 Å². The van der Waals surface area contributed by atoms with Crippen molar-refractivity contribution in [1.82, 2.24) is 4.98 Å². The molecule has 1 heterocycles. The molecule has 5 heteroatoms. The van der Waals surface area contributed by atoms with Crippen molar-refractivity contribution >= 4 is 23.1 Å². The first kappa shape index (κ1) is 20.2. The third-order valence-electron chi connectivity index (χ3n) is 5.27. The van der Waals surface area contributed by atoms with Crippen LogP contribution in [0, 0.1) is 0 Å². The molecule has 4 rings (SSSR count). The normalized spacial score (nSPS) is 13.9. The van der Waals surface area contributed by atoms with E-state index in [0.717, 1.165) is 34.6 Å². The van der Waals surface area contributed by atoms with E-state index >= 15 is 0 Å². The van der Waals surface area contributed by atoms with Gasteiger partial charge in [0, 0.05) is 10.5 Å². The highest BCUT2D eigenvalue weighted by Gasteiger charge is 2.24. The minimum Gasteiger partial charge on any atom is -0.492 e. The Balaban J connectivity index is 1.77. The maximum Gasteiger partial charge on any atom is 0.253 e. The Bertz CT molecular complexity index is 1100. The van der Waals surface area contributed by atoms with Crippen molar-refractivity contribution in [2.24, 2.45) is 0 Å². The summed E-state index contributed by atoms with van der Waals surface area (Å²) < 4.78 is -0.154. The molecule has 29 heavy (non-hydrogen) atoms. The fraction of sp³-hybridized carbons (Fsp3) is 0.333. The van der Waals surface area contributed by atoms with E-state index in [0.29, 0.717) is 9.90 Å². The summed E-state index contributed by atoms with van der Waals surface area (Å²) in [6, 6.07) is 14.0. The number of fused-ring (bicyclic) bond motifs is 1. The van der Waals surface area contributed by atoms with Gasteiger partial charge in [0.2, 0.25) is 5.88 Å².